The monoisotopic (exact) mass is 178 g/mol. The number of aromatic hydroxyl groups is 1. The van der Waals surface area contributed by atoms with Crippen molar-refractivity contribution in [2.45, 2.75) is 18.9 Å². The second-order valence-corrected chi connectivity index (χ2v) is 3.68. The Labute approximate surface area is 77.4 Å². The quantitative estimate of drug-likeness (QED) is 0.473. The average Bonchev–Trinajstić information content (AvgIpc) is 2.91. The smallest absolute Gasteiger partial charge is 0.138 e. The largest absolute Gasteiger partial charge is 0.506 e. The van der Waals surface area contributed by atoms with Crippen LogP contribution in [0.3, 0.4) is 0 Å². The fourth-order valence-electron chi connectivity index (χ4n) is 1.51. The van der Waals surface area contributed by atoms with Crippen LogP contribution in [0.15, 0.2) is 18.2 Å². The summed E-state index contributed by atoms with van der Waals surface area (Å²) in [4.78, 5) is 0. The van der Waals surface area contributed by atoms with E-state index >= 15 is 0 Å². The van der Waals surface area contributed by atoms with E-state index in [1.165, 1.54) is 12.8 Å². The van der Waals surface area contributed by atoms with Gasteiger partial charge in [0.15, 0.2) is 0 Å². The summed E-state index contributed by atoms with van der Waals surface area (Å²) >= 11 is 0. The molecule has 0 amide bonds. The molecule has 0 heterocycles. The highest BCUT2D eigenvalue weighted by molar-refractivity contribution is 5.53. The number of benzene rings is 1. The second kappa shape index (κ2) is 2.92. The van der Waals surface area contributed by atoms with Crippen molar-refractivity contribution < 1.29 is 5.11 Å². The summed E-state index contributed by atoms with van der Waals surface area (Å²) in [5.74, 6) is 0.746. The van der Waals surface area contributed by atoms with E-state index in [0.717, 1.165) is 5.56 Å². The number of anilines is 1. The molecule has 0 spiro atoms. The van der Waals surface area contributed by atoms with Crippen LogP contribution in [0.4, 0.5) is 5.69 Å². The number of phenols is 1. The van der Waals surface area contributed by atoms with E-state index in [4.69, 9.17) is 11.5 Å². The van der Waals surface area contributed by atoms with E-state index in [2.05, 4.69) is 0 Å². The minimum Gasteiger partial charge on any atom is -0.506 e. The molecular formula is C10H14N2O. The number of rotatable bonds is 2. The van der Waals surface area contributed by atoms with Crippen LogP contribution in [0.5, 0.6) is 5.75 Å². The van der Waals surface area contributed by atoms with Gasteiger partial charge in [-0.3, -0.25) is 0 Å². The first-order chi connectivity index (χ1) is 6.18. The van der Waals surface area contributed by atoms with E-state index in [9.17, 15) is 5.11 Å². The molecule has 1 saturated carbocycles. The summed E-state index contributed by atoms with van der Waals surface area (Å²) in [6, 6.07) is 5.29. The third-order valence-electron chi connectivity index (χ3n) is 2.57. The van der Waals surface area contributed by atoms with Gasteiger partial charge in [0, 0.05) is 6.04 Å². The summed E-state index contributed by atoms with van der Waals surface area (Å²) in [7, 11) is 0. The molecule has 1 aromatic rings. The van der Waals surface area contributed by atoms with Crippen LogP contribution in [0.1, 0.15) is 24.4 Å². The van der Waals surface area contributed by atoms with E-state index in [0.29, 0.717) is 11.6 Å². The Morgan fingerprint density at radius 2 is 2.08 bits per heavy atom. The Morgan fingerprint density at radius 1 is 1.38 bits per heavy atom. The predicted octanol–water partition coefficient (Wildman–Crippen LogP) is 1.38. The Bertz CT molecular complexity index is 321. The molecule has 0 aliphatic heterocycles. The Balaban J connectivity index is 2.24. The van der Waals surface area contributed by atoms with Gasteiger partial charge in [0.1, 0.15) is 5.75 Å². The van der Waals surface area contributed by atoms with Gasteiger partial charge < -0.3 is 16.6 Å². The number of hydrogen-bond donors (Lipinski definition) is 3. The maximum absolute atomic E-state index is 9.21. The van der Waals surface area contributed by atoms with Crippen molar-refractivity contribution in [3.63, 3.8) is 0 Å². The van der Waals surface area contributed by atoms with Gasteiger partial charge in [-0.1, -0.05) is 6.07 Å². The molecule has 0 aromatic heterocycles. The van der Waals surface area contributed by atoms with Crippen LogP contribution < -0.4 is 11.5 Å². The fraction of sp³-hybridized carbons (Fsp3) is 0.400. The van der Waals surface area contributed by atoms with Gasteiger partial charge in [-0.05, 0) is 36.5 Å². The van der Waals surface area contributed by atoms with Crippen molar-refractivity contribution in [1.82, 2.24) is 0 Å². The highest BCUT2D eigenvalue weighted by atomic mass is 16.3. The molecule has 1 unspecified atom stereocenters. The molecule has 70 valence electrons. The first-order valence-electron chi connectivity index (χ1n) is 4.52. The molecule has 1 aliphatic rings. The molecule has 1 aromatic carbocycles. The Hall–Kier alpha value is -1.22. The third kappa shape index (κ3) is 1.60. The first-order valence-corrected chi connectivity index (χ1v) is 4.52. The zero-order chi connectivity index (χ0) is 9.42. The van der Waals surface area contributed by atoms with Crippen molar-refractivity contribution in [1.29, 1.82) is 0 Å². The minimum absolute atomic E-state index is 0.0860. The molecule has 0 bridgehead atoms. The lowest BCUT2D eigenvalue weighted by molar-refractivity contribution is 0.477. The van der Waals surface area contributed by atoms with Crippen LogP contribution in [0, 0.1) is 5.92 Å². The maximum Gasteiger partial charge on any atom is 0.138 e. The highest BCUT2D eigenvalue weighted by Crippen LogP contribution is 2.40. The van der Waals surface area contributed by atoms with E-state index < -0.39 is 0 Å². The van der Waals surface area contributed by atoms with Crippen LogP contribution in [0.2, 0.25) is 0 Å². The van der Waals surface area contributed by atoms with Crippen molar-refractivity contribution in [2.75, 3.05) is 5.73 Å². The Morgan fingerprint density at radius 3 is 2.62 bits per heavy atom. The van der Waals surface area contributed by atoms with Gasteiger partial charge in [0.2, 0.25) is 0 Å². The summed E-state index contributed by atoms with van der Waals surface area (Å²) in [5.41, 5.74) is 13.0. The predicted molar refractivity (Wildman–Crippen MR) is 52.2 cm³/mol. The van der Waals surface area contributed by atoms with Crippen molar-refractivity contribution >= 4 is 5.69 Å². The van der Waals surface area contributed by atoms with E-state index in [1.807, 2.05) is 6.07 Å². The van der Waals surface area contributed by atoms with Gasteiger partial charge in [0.25, 0.3) is 0 Å². The minimum atomic E-state index is 0.0860. The number of hydrogen-bond acceptors (Lipinski definition) is 3. The van der Waals surface area contributed by atoms with Crippen molar-refractivity contribution in [3.8, 4) is 5.75 Å². The molecule has 1 aliphatic carbocycles. The molecule has 3 nitrogen and oxygen atoms in total. The normalized spacial score (nSPS) is 18.5. The van der Waals surface area contributed by atoms with Gasteiger partial charge in [-0.25, -0.2) is 0 Å². The molecular weight excluding hydrogens is 164 g/mol. The maximum atomic E-state index is 9.21. The molecule has 1 atom stereocenters. The van der Waals surface area contributed by atoms with Gasteiger partial charge in [-0.2, -0.15) is 0 Å². The zero-order valence-electron chi connectivity index (χ0n) is 7.40. The number of nitrogens with two attached hydrogens (primary N) is 2. The van der Waals surface area contributed by atoms with Crippen LogP contribution in [-0.2, 0) is 0 Å². The summed E-state index contributed by atoms with van der Waals surface area (Å²) < 4.78 is 0. The van der Waals surface area contributed by atoms with E-state index in [1.54, 1.807) is 12.1 Å². The third-order valence-corrected chi connectivity index (χ3v) is 2.57. The van der Waals surface area contributed by atoms with Crippen molar-refractivity contribution in [2.24, 2.45) is 11.7 Å². The lowest BCUT2D eigenvalue weighted by atomic mass is 10.0. The van der Waals surface area contributed by atoms with Crippen molar-refractivity contribution in [3.05, 3.63) is 23.8 Å². The summed E-state index contributed by atoms with van der Waals surface area (Å²) in [5, 5.41) is 9.21. The average molecular weight is 178 g/mol. The van der Waals surface area contributed by atoms with E-state index in [-0.39, 0.29) is 11.8 Å². The molecule has 0 radical (unpaired) electrons. The molecule has 5 N–H and O–H groups in total. The lowest BCUT2D eigenvalue weighted by Gasteiger charge is -2.11. The van der Waals surface area contributed by atoms with Crippen LogP contribution in [-0.4, -0.2) is 5.11 Å². The van der Waals surface area contributed by atoms with Crippen LogP contribution in [0.25, 0.3) is 0 Å². The first kappa shape index (κ1) is 8.38. The zero-order valence-corrected chi connectivity index (χ0v) is 7.40. The Kier molecular flexibility index (Phi) is 1.88. The fourth-order valence-corrected chi connectivity index (χ4v) is 1.51. The highest BCUT2D eigenvalue weighted by Gasteiger charge is 2.29. The van der Waals surface area contributed by atoms with Gasteiger partial charge in [-0.15, -0.1) is 0 Å². The standard InChI is InChI=1S/C10H14N2O/c11-8-5-7(3-4-9(8)13)10(12)6-1-2-6/h3-6,10,13H,1-2,11-12H2. The lowest BCUT2D eigenvalue weighted by Crippen LogP contribution is -2.12. The van der Waals surface area contributed by atoms with Crippen LogP contribution >= 0.6 is 0 Å². The number of nitrogen functional groups attached to an aromatic ring is 1. The number of phenolic OH excluding ortho intramolecular Hbond substituents is 1. The molecule has 0 saturated heterocycles. The molecule has 1 fully saturated rings. The summed E-state index contributed by atoms with van der Waals surface area (Å²) in [6.07, 6.45) is 2.42. The SMILES string of the molecule is Nc1cc(C(N)C2CC2)ccc1O. The molecule has 13 heavy (non-hydrogen) atoms. The molecule has 2 rings (SSSR count). The van der Waals surface area contributed by atoms with Gasteiger partial charge >= 0.3 is 0 Å². The van der Waals surface area contributed by atoms with Gasteiger partial charge in [0.05, 0.1) is 5.69 Å². The molecule has 3 heteroatoms. The second-order valence-electron chi connectivity index (χ2n) is 3.68. The summed E-state index contributed by atoms with van der Waals surface area (Å²) in [6.45, 7) is 0. The topological polar surface area (TPSA) is 72.3 Å².